The van der Waals surface area contributed by atoms with E-state index in [0.29, 0.717) is 6.42 Å². The van der Waals surface area contributed by atoms with E-state index in [-0.39, 0.29) is 12.5 Å². The van der Waals surface area contributed by atoms with Crippen molar-refractivity contribution >= 4 is 12.1 Å². The molecule has 0 aromatic heterocycles. The summed E-state index contributed by atoms with van der Waals surface area (Å²) in [6.45, 7) is 2.25. The van der Waals surface area contributed by atoms with E-state index < -0.39 is 18.1 Å². The Labute approximate surface area is 159 Å². The van der Waals surface area contributed by atoms with Crippen molar-refractivity contribution in [3.05, 3.63) is 59.7 Å². The van der Waals surface area contributed by atoms with Gasteiger partial charge in [0.25, 0.3) is 0 Å². The van der Waals surface area contributed by atoms with Gasteiger partial charge in [-0.2, -0.15) is 0 Å². The summed E-state index contributed by atoms with van der Waals surface area (Å²) in [7, 11) is 1.32. The number of carbonyl (C=O) groups is 2. The number of hydrogen-bond acceptors (Lipinski definition) is 4. The Morgan fingerprint density at radius 1 is 1.04 bits per heavy atom. The van der Waals surface area contributed by atoms with Crippen molar-refractivity contribution < 1.29 is 19.1 Å². The average molecular weight is 367 g/mol. The molecule has 0 saturated carbocycles. The monoisotopic (exact) mass is 367 g/mol. The van der Waals surface area contributed by atoms with Gasteiger partial charge in [-0.1, -0.05) is 68.3 Å². The molecule has 3 rings (SSSR count). The van der Waals surface area contributed by atoms with E-state index in [2.05, 4.69) is 29.6 Å². The highest BCUT2D eigenvalue weighted by Crippen LogP contribution is 2.44. The Balaban J connectivity index is 1.67. The maximum absolute atomic E-state index is 12.3. The summed E-state index contributed by atoms with van der Waals surface area (Å²) in [5.74, 6) is -0.452. The minimum Gasteiger partial charge on any atom is -0.467 e. The molecule has 1 amide bonds. The van der Waals surface area contributed by atoms with Gasteiger partial charge in [-0.25, -0.2) is 9.59 Å². The smallest absolute Gasteiger partial charge is 0.407 e. The predicted molar refractivity (Wildman–Crippen MR) is 104 cm³/mol. The van der Waals surface area contributed by atoms with Crippen LogP contribution in [0.5, 0.6) is 0 Å². The van der Waals surface area contributed by atoms with Crippen LogP contribution in [0, 0.1) is 0 Å². The molecule has 0 bridgehead atoms. The Morgan fingerprint density at radius 2 is 1.63 bits per heavy atom. The molecule has 27 heavy (non-hydrogen) atoms. The highest BCUT2D eigenvalue weighted by molar-refractivity contribution is 5.82. The van der Waals surface area contributed by atoms with Gasteiger partial charge in [-0.3, -0.25) is 0 Å². The Bertz CT molecular complexity index is 772. The third-order valence-corrected chi connectivity index (χ3v) is 4.97. The first kappa shape index (κ1) is 19.0. The van der Waals surface area contributed by atoms with E-state index in [1.807, 2.05) is 31.2 Å². The first-order valence-electron chi connectivity index (χ1n) is 9.35. The van der Waals surface area contributed by atoms with Gasteiger partial charge < -0.3 is 14.8 Å². The lowest BCUT2D eigenvalue weighted by Crippen LogP contribution is -2.42. The number of ether oxygens (including phenoxy) is 2. The SMILES string of the molecule is CCCCC(NC(=O)OCC1c2ccccc2-c2ccccc21)C(=O)OC. The highest BCUT2D eigenvalue weighted by atomic mass is 16.6. The summed E-state index contributed by atoms with van der Waals surface area (Å²) in [6, 6.07) is 15.7. The van der Waals surface area contributed by atoms with Crippen LogP contribution >= 0.6 is 0 Å². The van der Waals surface area contributed by atoms with Crippen LogP contribution in [0.2, 0.25) is 0 Å². The molecule has 0 fully saturated rings. The molecule has 5 heteroatoms. The molecule has 0 saturated heterocycles. The minimum atomic E-state index is -0.675. The molecule has 0 heterocycles. The number of unbranched alkanes of at least 4 members (excludes halogenated alkanes) is 1. The normalized spacial score (nSPS) is 13.4. The van der Waals surface area contributed by atoms with Gasteiger partial charge in [0.15, 0.2) is 0 Å². The number of carbonyl (C=O) groups excluding carboxylic acids is 2. The van der Waals surface area contributed by atoms with Crippen molar-refractivity contribution in [3.63, 3.8) is 0 Å². The molecule has 2 aromatic carbocycles. The lowest BCUT2D eigenvalue weighted by molar-refractivity contribution is -0.143. The van der Waals surface area contributed by atoms with E-state index in [1.165, 1.54) is 18.2 Å². The second-order valence-corrected chi connectivity index (χ2v) is 6.69. The molecule has 0 aliphatic heterocycles. The van der Waals surface area contributed by atoms with Gasteiger partial charge in [0.05, 0.1) is 7.11 Å². The van der Waals surface area contributed by atoms with Crippen LogP contribution in [0.25, 0.3) is 11.1 Å². The van der Waals surface area contributed by atoms with Gasteiger partial charge in [0.1, 0.15) is 12.6 Å². The van der Waals surface area contributed by atoms with Crippen LogP contribution < -0.4 is 5.32 Å². The van der Waals surface area contributed by atoms with Gasteiger partial charge in [-0.15, -0.1) is 0 Å². The van der Waals surface area contributed by atoms with Crippen molar-refractivity contribution in [1.29, 1.82) is 0 Å². The highest BCUT2D eigenvalue weighted by Gasteiger charge is 2.29. The second kappa shape index (κ2) is 8.71. The molecule has 1 aliphatic carbocycles. The van der Waals surface area contributed by atoms with Crippen molar-refractivity contribution in [2.75, 3.05) is 13.7 Å². The van der Waals surface area contributed by atoms with E-state index in [4.69, 9.17) is 9.47 Å². The fourth-order valence-electron chi connectivity index (χ4n) is 3.58. The molecule has 1 aliphatic rings. The number of nitrogens with one attached hydrogen (secondary N) is 1. The standard InChI is InChI=1S/C22H25NO4/c1-3-4-13-20(21(24)26-2)23-22(25)27-14-19-17-11-7-5-9-15(17)16-10-6-8-12-18(16)19/h5-12,19-20H,3-4,13-14H2,1-2H3,(H,23,25). The minimum absolute atomic E-state index is 0.00429. The maximum Gasteiger partial charge on any atom is 0.407 e. The van der Waals surface area contributed by atoms with Crippen molar-refractivity contribution in [3.8, 4) is 11.1 Å². The van der Waals surface area contributed by atoms with Crippen LogP contribution in [0.4, 0.5) is 4.79 Å². The van der Waals surface area contributed by atoms with E-state index in [9.17, 15) is 9.59 Å². The summed E-state index contributed by atoms with van der Waals surface area (Å²) in [4.78, 5) is 24.1. The van der Waals surface area contributed by atoms with Crippen molar-refractivity contribution in [2.45, 2.75) is 38.1 Å². The zero-order chi connectivity index (χ0) is 19.2. The lowest BCUT2D eigenvalue weighted by Gasteiger charge is -2.18. The number of esters is 1. The topological polar surface area (TPSA) is 64.6 Å². The number of fused-ring (bicyclic) bond motifs is 3. The largest absolute Gasteiger partial charge is 0.467 e. The lowest BCUT2D eigenvalue weighted by atomic mass is 9.98. The van der Waals surface area contributed by atoms with Crippen molar-refractivity contribution in [1.82, 2.24) is 5.32 Å². The van der Waals surface area contributed by atoms with Gasteiger partial charge in [0.2, 0.25) is 0 Å². The third-order valence-electron chi connectivity index (χ3n) is 4.97. The molecule has 0 radical (unpaired) electrons. The second-order valence-electron chi connectivity index (χ2n) is 6.69. The first-order chi connectivity index (χ1) is 13.2. The third kappa shape index (κ3) is 4.13. The quantitative estimate of drug-likeness (QED) is 0.743. The van der Waals surface area contributed by atoms with Crippen LogP contribution in [0.1, 0.15) is 43.2 Å². The summed E-state index contributed by atoms with van der Waals surface area (Å²) in [6.07, 6.45) is 1.69. The number of hydrogen-bond donors (Lipinski definition) is 1. The summed E-state index contributed by atoms with van der Waals surface area (Å²) in [5, 5.41) is 2.64. The van der Waals surface area contributed by atoms with E-state index >= 15 is 0 Å². The number of methoxy groups -OCH3 is 1. The molecule has 2 aromatic rings. The number of rotatable bonds is 7. The molecule has 5 nitrogen and oxygen atoms in total. The zero-order valence-corrected chi connectivity index (χ0v) is 15.7. The van der Waals surface area contributed by atoms with Gasteiger partial charge in [-0.05, 0) is 28.7 Å². The van der Waals surface area contributed by atoms with Crippen molar-refractivity contribution in [2.24, 2.45) is 0 Å². The zero-order valence-electron chi connectivity index (χ0n) is 15.7. The van der Waals surface area contributed by atoms with E-state index in [1.54, 1.807) is 0 Å². The molecular formula is C22H25NO4. The Kier molecular flexibility index (Phi) is 6.12. The molecular weight excluding hydrogens is 342 g/mol. The van der Waals surface area contributed by atoms with Gasteiger partial charge in [0, 0.05) is 5.92 Å². The molecule has 142 valence electrons. The van der Waals surface area contributed by atoms with Crippen LogP contribution in [0.3, 0.4) is 0 Å². The number of alkyl carbamates (subject to hydrolysis) is 1. The first-order valence-corrected chi connectivity index (χ1v) is 9.35. The predicted octanol–water partition coefficient (Wildman–Crippen LogP) is 4.26. The molecule has 1 N–H and O–H groups in total. The van der Waals surface area contributed by atoms with Crippen LogP contribution in [0.15, 0.2) is 48.5 Å². The Hall–Kier alpha value is -2.82. The van der Waals surface area contributed by atoms with Gasteiger partial charge >= 0.3 is 12.1 Å². The molecule has 1 unspecified atom stereocenters. The summed E-state index contributed by atoms with van der Waals surface area (Å²) in [5.41, 5.74) is 4.67. The fourth-order valence-corrected chi connectivity index (χ4v) is 3.58. The molecule has 1 atom stereocenters. The van der Waals surface area contributed by atoms with Crippen LogP contribution in [-0.2, 0) is 14.3 Å². The van der Waals surface area contributed by atoms with E-state index in [0.717, 1.165) is 24.0 Å². The fraction of sp³-hybridized carbons (Fsp3) is 0.364. The maximum atomic E-state index is 12.3. The Morgan fingerprint density at radius 3 is 2.19 bits per heavy atom. The summed E-state index contributed by atoms with van der Waals surface area (Å²) < 4.78 is 10.3. The number of amides is 1. The average Bonchev–Trinajstić information content (AvgIpc) is 3.03. The summed E-state index contributed by atoms with van der Waals surface area (Å²) >= 11 is 0. The molecule has 0 spiro atoms. The number of benzene rings is 2. The van der Waals surface area contributed by atoms with Crippen LogP contribution in [-0.4, -0.2) is 31.8 Å².